The summed E-state index contributed by atoms with van der Waals surface area (Å²) >= 11 is 0. The number of likely N-dealkylation sites (N-methyl/N-ethyl adjacent to an activating group) is 1. The minimum Gasteiger partial charge on any atom is -0.496 e. The SMILES string of the molecule is COc1ccccc1C1CC(NC2CCN(C)C2)C1. The summed E-state index contributed by atoms with van der Waals surface area (Å²) in [5, 5.41) is 3.80. The van der Waals surface area contributed by atoms with Crippen LogP contribution in [0.25, 0.3) is 0 Å². The van der Waals surface area contributed by atoms with Gasteiger partial charge in [0.2, 0.25) is 0 Å². The first-order valence-corrected chi connectivity index (χ1v) is 7.33. The van der Waals surface area contributed by atoms with E-state index < -0.39 is 0 Å². The smallest absolute Gasteiger partial charge is 0.122 e. The zero-order valence-corrected chi connectivity index (χ0v) is 11.9. The van der Waals surface area contributed by atoms with Gasteiger partial charge in [0.25, 0.3) is 0 Å². The van der Waals surface area contributed by atoms with Crippen molar-refractivity contribution in [3.63, 3.8) is 0 Å². The maximum atomic E-state index is 5.46. The van der Waals surface area contributed by atoms with Gasteiger partial charge in [0.15, 0.2) is 0 Å². The van der Waals surface area contributed by atoms with Gasteiger partial charge in [-0.05, 0) is 50.4 Å². The fraction of sp³-hybridized carbons (Fsp3) is 0.625. The van der Waals surface area contributed by atoms with Crippen LogP contribution in [0.3, 0.4) is 0 Å². The van der Waals surface area contributed by atoms with Gasteiger partial charge in [-0.15, -0.1) is 0 Å². The van der Waals surface area contributed by atoms with Gasteiger partial charge < -0.3 is 15.0 Å². The van der Waals surface area contributed by atoms with Crippen molar-refractivity contribution in [3.8, 4) is 5.75 Å². The van der Waals surface area contributed by atoms with Crippen molar-refractivity contribution in [2.45, 2.75) is 37.3 Å². The first kappa shape index (κ1) is 12.9. The highest BCUT2D eigenvalue weighted by Gasteiger charge is 2.34. The van der Waals surface area contributed by atoms with Gasteiger partial charge in [0, 0.05) is 18.6 Å². The number of ether oxygens (including phenoxy) is 1. The summed E-state index contributed by atoms with van der Waals surface area (Å²) in [6, 6.07) is 9.85. The van der Waals surface area contributed by atoms with Crippen molar-refractivity contribution in [2.75, 3.05) is 27.2 Å². The van der Waals surface area contributed by atoms with Gasteiger partial charge in [-0.3, -0.25) is 0 Å². The standard InChI is InChI=1S/C16H24N2O/c1-18-8-7-13(11-18)17-14-9-12(10-14)15-5-3-4-6-16(15)19-2/h3-6,12-14,17H,7-11H2,1-2H3. The van der Waals surface area contributed by atoms with Crippen LogP contribution in [-0.2, 0) is 0 Å². The fourth-order valence-corrected chi connectivity index (χ4v) is 3.42. The number of hydrogen-bond acceptors (Lipinski definition) is 3. The molecule has 19 heavy (non-hydrogen) atoms. The van der Waals surface area contributed by atoms with Gasteiger partial charge >= 0.3 is 0 Å². The first-order chi connectivity index (χ1) is 9.26. The Kier molecular flexibility index (Phi) is 3.76. The Morgan fingerprint density at radius 1 is 1.21 bits per heavy atom. The molecule has 1 aromatic rings. The van der Waals surface area contributed by atoms with E-state index >= 15 is 0 Å². The van der Waals surface area contributed by atoms with Crippen LogP contribution in [0.2, 0.25) is 0 Å². The highest BCUT2D eigenvalue weighted by molar-refractivity contribution is 5.37. The van der Waals surface area contributed by atoms with E-state index in [-0.39, 0.29) is 0 Å². The van der Waals surface area contributed by atoms with Crippen LogP contribution in [0, 0.1) is 0 Å². The van der Waals surface area contributed by atoms with E-state index in [0.717, 1.165) is 5.75 Å². The monoisotopic (exact) mass is 260 g/mol. The van der Waals surface area contributed by atoms with Crippen LogP contribution in [0.5, 0.6) is 5.75 Å². The minimum atomic E-state index is 0.674. The molecular formula is C16H24N2O. The number of nitrogens with zero attached hydrogens (tertiary/aromatic N) is 1. The van der Waals surface area contributed by atoms with E-state index in [2.05, 4.69) is 35.5 Å². The normalized spacial score (nSPS) is 31.2. The second kappa shape index (κ2) is 5.51. The highest BCUT2D eigenvalue weighted by atomic mass is 16.5. The summed E-state index contributed by atoms with van der Waals surface area (Å²) in [5.74, 6) is 1.72. The van der Waals surface area contributed by atoms with Crippen LogP contribution in [0.15, 0.2) is 24.3 Å². The molecule has 0 aromatic heterocycles. The van der Waals surface area contributed by atoms with Gasteiger partial charge in [-0.2, -0.15) is 0 Å². The average Bonchev–Trinajstić information content (AvgIpc) is 2.79. The Bertz CT molecular complexity index is 429. The van der Waals surface area contributed by atoms with Crippen molar-refractivity contribution >= 4 is 0 Å². The Hall–Kier alpha value is -1.06. The van der Waals surface area contributed by atoms with Crippen LogP contribution in [-0.4, -0.2) is 44.2 Å². The molecule has 0 bridgehead atoms. The molecule has 0 amide bonds. The zero-order chi connectivity index (χ0) is 13.2. The summed E-state index contributed by atoms with van der Waals surface area (Å²) in [6.07, 6.45) is 3.80. The number of para-hydroxylation sites is 1. The second-order valence-electron chi connectivity index (χ2n) is 6.02. The molecule has 0 radical (unpaired) electrons. The summed E-state index contributed by atoms with van der Waals surface area (Å²) in [6.45, 7) is 2.44. The average molecular weight is 260 g/mol. The lowest BCUT2D eigenvalue weighted by Gasteiger charge is -2.38. The molecule has 2 fully saturated rings. The molecular weight excluding hydrogens is 236 g/mol. The van der Waals surface area contributed by atoms with Crippen molar-refractivity contribution in [3.05, 3.63) is 29.8 Å². The lowest BCUT2D eigenvalue weighted by molar-refractivity contribution is 0.258. The molecule has 2 aliphatic rings. The first-order valence-electron chi connectivity index (χ1n) is 7.33. The largest absolute Gasteiger partial charge is 0.496 e. The number of rotatable bonds is 4. The Labute approximate surface area is 115 Å². The molecule has 1 aliphatic heterocycles. The molecule has 104 valence electrons. The van der Waals surface area contributed by atoms with Crippen molar-refractivity contribution in [1.82, 2.24) is 10.2 Å². The van der Waals surface area contributed by atoms with E-state index in [9.17, 15) is 0 Å². The maximum absolute atomic E-state index is 5.46. The van der Waals surface area contributed by atoms with E-state index in [1.165, 1.54) is 37.9 Å². The topological polar surface area (TPSA) is 24.5 Å². The van der Waals surface area contributed by atoms with Crippen LogP contribution < -0.4 is 10.1 Å². The lowest BCUT2D eigenvalue weighted by Crippen LogP contribution is -2.46. The van der Waals surface area contributed by atoms with Crippen molar-refractivity contribution in [2.24, 2.45) is 0 Å². The third-order valence-electron chi connectivity index (χ3n) is 4.58. The number of methoxy groups -OCH3 is 1. The van der Waals surface area contributed by atoms with Gasteiger partial charge in [0.1, 0.15) is 5.75 Å². The van der Waals surface area contributed by atoms with E-state index in [1.807, 2.05) is 6.07 Å². The van der Waals surface area contributed by atoms with Gasteiger partial charge in [-0.1, -0.05) is 18.2 Å². The lowest BCUT2D eigenvalue weighted by atomic mass is 9.75. The Morgan fingerprint density at radius 2 is 2.00 bits per heavy atom. The number of benzene rings is 1. The predicted molar refractivity (Wildman–Crippen MR) is 77.8 cm³/mol. The third kappa shape index (κ3) is 2.77. The van der Waals surface area contributed by atoms with E-state index in [4.69, 9.17) is 4.74 Å². The molecule has 0 spiro atoms. The van der Waals surface area contributed by atoms with Crippen LogP contribution >= 0.6 is 0 Å². The fourth-order valence-electron chi connectivity index (χ4n) is 3.42. The van der Waals surface area contributed by atoms with Gasteiger partial charge in [-0.25, -0.2) is 0 Å². The molecule has 1 atom stereocenters. The highest BCUT2D eigenvalue weighted by Crippen LogP contribution is 2.41. The van der Waals surface area contributed by atoms with Crippen molar-refractivity contribution < 1.29 is 4.74 Å². The van der Waals surface area contributed by atoms with Crippen LogP contribution in [0.1, 0.15) is 30.7 Å². The molecule has 1 aliphatic carbocycles. The molecule has 1 aromatic carbocycles. The quantitative estimate of drug-likeness (QED) is 0.898. The Morgan fingerprint density at radius 3 is 2.68 bits per heavy atom. The van der Waals surface area contributed by atoms with Gasteiger partial charge in [0.05, 0.1) is 7.11 Å². The zero-order valence-electron chi connectivity index (χ0n) is 11.9. The molecule has 1 unspecified atom stereocenters. The predicted octanol–water partition coefficient (Wildman–Crippen LogP) is 2.23. The molecule has 1 saturated heterocycles. The molecule has 3 heteroatoms. The molecule has 1 heterocycles. The summed E-state index contributed by atoms with van der Waals surface area (Å²) in [7, 11) is 3.97. The molecule has 3 nitrogen and oxygen atoms in total. The summed E-state index contributed by atoms with van der Waals surface area (Å²) < 4.78 is 5.46. The summed E-state index contributed by atoms with van der Waals surface area (Å²) in [5.41, 5.74) is 1.38. The number of hydrogen-bond donors (Lipinski definition) is 1. The molecule has 1 saturated carbocycles. The maximum Gasteiger partial charge on any atom is 0.122 e. The third-order valence-corrected chi connectivity index (χ3v) is 4.58. The second-order valence-corrected chi connectivity index (χ2v) is 6.02. The number of nitrogens with one attached hydrogen (secondary N) is 1. The molecule has 1 N–H and O–H groups in total. The van der Waals surface area contributed by atoms with E-state index in [1.54, 1.807) is 7.11 Å². The van der Waals surface area contributed by atoms with Crippen molar-refractivity contribution in [1.29, 1.82) is 0 Å². The number of likely N-dealkylation sites (tertiary alicyclic amines) is 1. The van der Waals surface area contributed by atoms with E-state index in [0.29, 0.717) is 18.0 Å². The van der Waals surface area contributed by atoms with Crippen LogP contribution in [0.4, 0.5) is 0 Å². The minimum absolute atomic E-state index is 0.674. The molecule has 3 rings (SSSR count). The Balaban J connectivity index is 1.52. The summed E-state index contributed by atoms with van der Waals surface area (Å²) in [4.78, 5) is 2.41.